The number of hydrogen-bond donors (Lipinski definition) is 1. The van der Waals surface area contributed by atoms with Gasteiger partial charge in [-0.15, -0.1) is 0 Å². The Bertz CT molecular complexity index is 1110. The molecule has 0 spiro atoms. The van der Waals surface area contributed by atoms with E-state index in [1.54, 1.807) is 0 Å². The van der Waals surface area contributed by atoms with E-state index < -0.39 is 0 Å². The van der Waals surface area contributed by atoms with Crippen molar-refractivity contribution >= 4 is 5.95 Å². The predicted molar refractivity (Wildman–Crippen MR) is 123 cm³/mol. The first kappa shape index (κ1) is 19.8. The Morgan fingerprint density at radius 3 is 2.37 bits per heavy atom. The molecule has 0 fully saturated rings. The van der Waals surface area contributed by atoms with Gasteiger partial charge >= 0.3 is 0 Å². The van der Waals surface area contributed by atoms with Crippen LogP contribution in [0.2, 0.25) is 0 Å². The molecule has 0 atom stereocenters. The number of nitrogens with zero attached hydrogens (tertiary/aromatic N) is 2. The number of anilines is 1. The van der Waals surface area contributed by atoms with Crippen molar-refractivity contribution < 1.29 is 4.74 Å². The number of hydrogen-bond acceptors (Lipinski definition) is 3. The summed E-state index contributed by atoms with van der Waals surface area (Å²) in [7, 11) is 2.04. The van der Waals surface area contributed by atoms with Crippen molar-refractivity contribution in [1.29, 1.82) is 0 Å². The minimum absolute atomic E-state index is 0.576. The Kier molecular flexibility index (Phi) is 5.84. The molecule has 3 aromatic carbocycles. The maximum atomic E-state index is 5.86. The normalized spacial score (nSPS) is 10.8. The summed E-state index contributed by atoms with van der Waals surface area (Å²) in [5, 5.41) is 3.43. The lowest BCUT2D eigenvalue weighted by Gasteiger charge is -2.10. The van der Waals surface area contributed by atoms with Gasteiger partial charge in [-0.25, -0.2) is 4.98 Å². The zero-order chi connectivity index (χ0) is 20.9. The van der Waals surface area contributed by atoms with Crippen molar-refractivity contribution in [3.05, 3.63) is 101 Å². The summed E-state index contributed by atoms with van der Waals surface area (Å²) in [6.45, 7) is 5.55. The molecule has 4 nitrogen and oxygen atoms in total. The number of benzene rings is 3. The molecule has 0 radical (unpaired) electrons. The number of nitrogens with one attached hydrogen (secondary N) is 1. The van der Waals surface area contributed by atoms with Gasteiger partial charge in [-0.2, -0.15) is 0 Å². The first-order valence-electron chi connectivity index (χ1n) is 10.2. The summed E-state index contributed by atoms with van der Waals surface area (Å²) in [4.78, 5) is 4.57. The summed E-state index contributed by atoms with van der Waals surface area (Å²) in [6.07, 6.45) is 1.92. The van der Waals surface area contributed by atoms with E-state index in [2.05, 4.69) is 71.2 Å². The van der Waals surface area contributed by atoms with Crippen molar-refractivity contribution in [2.75, 3.05) is 5.32 Å². The van der Waals surface area contributed by atoms with Crippen LogP contribution < -0.4 is 10.1 Å². The first-order valence-corrected chi connectivity index (χ1v) is 10.2. The maximum Gasteiger partial charge on any atom is 0.203 e. The molecule has 0 amide bonds. The highest BCUT2D eigenvalue weighted by Gasteiger charge is 2.09. The second-order valence-corrected chi connectivity index (χ2v) is 7.60. The minimum Gasteiger partial charge on any atom is -0.489 e. The third-order valence-corrected chi connectivity index (χ3v) is 5.41. The molecule has 0 aliphatic rings. The van der Waals surface area contributed by atoms with Crippen LogP contribution in [0.25, 0.3) is 11.3 Å². The summed E-state index contributed by atoms with van der Waals surface area (Å²) < 4.78 is 7.96. The Morgan fingerprint density at radius 2 is 1.63 bits per heavy atom. The Morgan fingerprint density at radius 1 is 0.867 bits per heavy atom. The molecule has 4 heteroatoms. The topological polar surface area (TPSA) is 39.1 Å². The Labute approximate surface area is 178 Å². The molecular weight excluding hydrogens is 370 g/mol. The summed E-state index contributed by atoms with van der Waals surface area (Å²) in [5.74, 6) is 1.73. The molecule has 4 rings (SSSR count). The van der Waals surface area contributed by atoms with E-state index in [0.29, 0.717) is 13.2 Å². The molecule has 1 aromatic heterocycles. The SMILES string of the molecule is Cc1ccc(-c2cnc(NCc3ccc(OCc4ccccc4)cc3)n2C)cc1C. The second-order valence-electron chi connectivity index (χ2n) is 7.60. The van der Waals surface area contributed by atoms with Gasteiger partial charge in [-0.05, 0) is 54.3 Å². The molecule has 0 bridgehead atoms. The maximum absolute atomic E-state index is 5.86. The van der Waals surface area contributed by atoms with Crippen LogP contribution >= 0.6 is 0 Å². The van der Waals surface area contributed by atoms with Crippen molar-refractivity contribution in [3.63, 3.8) is 0 Å². The fourth-order valence-corrected chi connectivity index (χ4v) is 3.37. The second kappa shape index (κ2) is 8.87. The van der Waals surface area contributed by atoms with Crippen LogP contribution in [0.3, 0.4) is 0 Å². The van der Waals surface area contributed by atoms with Crippen LogP contribution in [-0.2, 0) is 20.2 Å². The quantitative estimate of drug-likeness (QED) is 0.422. The van der Waals surface area contributed by atoms with Crippen LogP contribution in [-0.4, -0.2) is 9.55 Å². The summed E-state index contributed by atoms with van der Waals surface area (Å²) in [5.41, 5.74) is 7.22. The monoisotopic (exact) mass is 397 g/mol. The highest BCUT2D eigenvalue weighted by atomic mass is 16.5. The van der Waals surface area contributed by atoms with Crippen LogP contribution in [0.4, 0.5) is 5.95 Å². The van der Waals surface area contributed by atoms with Crippen LogP contribution in [0, 0.1) is 13.8 Å². The lowest BCUT2D eigenvalue weighted by atomic mass is 10.0. The van der Waals surface area contributed by atoms with Gasteiger partial charge in [-0.1, -0.05) is 54.6 Å². The molecule has 152 valence electrons. The molecule has 1 heterocycles. The Balaban J connectivity index is 1.36. The molecular formula is C26H27N3O. The van der Waals surface area contributed by atoms with Crippen LogP contribution in [0.1, 0.15) is 22.3 Å². The van der Waals surface area contributed by atoms with Gasteiger partial charge in [0, 0.05) is 19.2 Å². The average molecular weight is 398 g/mol. The third kappa shape index (κ3) is 4.54. The van der Waals surface area contributed by atoms with Gasteiger partial charge in [0.25, 0.3) is 0 Å². The molecule has 0 saturated carbocycles. The molecule has 4 aromatic rings. The number of aryl methyl sites for hydroxylation is 2. The van der Waals surface area contributed by atoms with Crippen molar-refractivity contribution in [1.82, 2.24) is 9.55 Å². The van der Waals surface area contributed by atoms with Gasteiger partial charge in [0.15, 0.2) is 0 Å². The van der Waals surface area contributed by atoms with E-state index in [1.807, 2.05) is 43.6 Å². The zero-order valence-electron chi connectivity index (χ0n) is 17.7. The average Bonchev–Trinajstić information content (AvgIpc) is 3.14. The largest absolute Gasteiger partial charge is 0.489 e. The highest BCUT2D eigenvalue weighted by molar-refractivity contribution is 5.63. The van der Waals surface area contributed by atoms with E-state index in [4.69, 9.17) is 4.74 Å². The van der Waals surface area contributed by atoms with Crippen LogP contribution in [0.15, 0.2) is 79.0 Å². The lowest BCUT2D eigenvalue weighted by Crippen LogP contribution is -2.05. The van der Waals surface area contributed by atoms with E-state index in [-0.39, 0.29) is 0 Å². The summed E-state index contributed by atoms with van der Waals surface area (Å²) >= 11 is 0. The number of ether oxygens (including phenoxy) is 1. The summed E-state index contributed by atoms with van der Waals surface area (Å²) in [6, 6.07) is 24.9. The standard InChI is InChI=1S/C26H27N3O/c1-19-9-12-23(15-20(19)2)25-17-28-26(29(25)3)27-16-21-10-13-24(14-11-21)30-18-22-7-5-4-6-8-22/h4-15,17H,16,18H2,1-3H3,(H,27,28). The molecule has 1 N–H and O–H groups in total. The smallest absolute Gasteiger partial charge is 0.203 e. The van der Waals surface area contributed by atoms with E-state index in [1.165, 1.54) is 22.3 Å². The molecule has 0 saturated heterocycles. The minimum atomic E-state index is 0.576. The van der Waals surface area contributed by atoms with Gasteiger partial charge < -0.3 is 14.6 Å². The lowest BCUT2D eigenvalue weighted by molar-refractivity contribution is 0.306. The molecule has 30 heavy (non-hydrogen) atoms. The van der Waals surface area contributed by atoms with Gasteiger partial charge in [0.1, 0.15) is 12.4 Å². The van der Waals surface area contributed by atoms with Crippen molar-refractivity contribution in [2.24, 2.45) is 7.05 Å². The fourth-order valence-electron chi connectivity index (χ4n) is 3.37. The van der Waals surface area contributed by atoms with E-state index >= 15 is 0 Å². The zero-order valence-corrected chi connectivity index (χ0v) is 17.7. The number of aromatic nitrogens is 2. The molecule has 0 unspecified atom stereocenters. The van der Waals surface area contributed by atoms with Crippen molar-refractivity contribution in [3.8, 4) is 17.0 Å². The highest BCUT2D eigenvalue weighted by Crippen LogP contribution is 2.24. The molecule has 0 aliphatic heterocycles. The van der Waals surface area contributed by atoms with E-state index in [0.717, 1.165) is 23.0 Å². The first-order chi connectivity index (χ1) is 14.6. The van der Waals surface area contributed by atoms with Gasteiger partial charge in [-0.3, -0.25) is 0 Å². The number of rotatable bonds is 7. The third-order valence-electron chi connectivity index (χ3n) is 5.41. The fraction of sp³-hybridized carbons (Fsp3) is 0.192. The van der Waals surface area contributed by atoms with Gasteiger partial charge in [0.05, 0.1) is 11.9 Å². The number of imidazole rings is 1. The van der Waals surface area contributed by atoms with E-state index in [9.17, 15) is 0 Å². The predicted octanol–water partition coefficient (Wildman–Crippen LogP) is 5.90. The van der Waals surface area contributed by atoms with Gasteiger partial charge in [0.2, 0.25) is 5.95 Å². The van der Waals surface area contributed by atoms with Crippen molar-refractivity contribution in [2.45, 2.75) is 27.0 Å². The van der Waals surface area contributed by atoms with Crippen LogP contribution in [0.5, 0.6) is 5.75 Å². The molecule has 0 aliphatic carbocycles. The Hall–Kier alpha value is -3.53.